The van der Waals surface area contributed by atoms with Crippen LogP contribution < -0.4 is 0 Å². The summed E-state index contributed by atoms with van der Waals surface area (Å²) >= 11 is 0. The van der Waals surface area contributed by atoms with Crippen LogP contribution in [0.4, 0.5) is 0 Å². The van der Waals surface area contributed by atoms with E-state index in [0.29, 0.717) is 12.1 Å². The van der Waals surface area contributed by atoms with Gasteiger partial charge in [0.25, 0.3) is 0 Å². The van der Waals surface area contributed by atoms with Crippen molar-refractivity contribution in [1.29, 1.82) is 0 Å². The van der Waals surface area contributed by atoms with E-state index in [9.17, 15) is 0 Å². The summed E-state index contributed by atoms with van der Waals surface area (Å²) in [6.45, 7) is 19.2. The molecular formula is C20H46CoN4. The van der Waals surface area contributed by atoms with Crippen molar-refractivity contribution in [3.63, 3.8) is 0 Å². The predicted molar refractivity (Wildman–Crippen MR) is 111 cm³/mol. The molecule has 0 rings (SSSR count). The first kappa shape index (κ1) is 30.1. The van der Waals surface area contributed by atoms with Crippen molar-refractivity contribution < 1.29 is 16.8 Å². The zero-order valence-electron chi connectivity index (χ0n) is 19.1. The average Bonchev–Trinajstić information content (AvgIpc) is 2.37. The number of nitrogens with zero attached hydrogens (tertiary/aromatic N) is 4. The summed E-state index contributed by atoms with van der Waals surface area (Å²) in [5.41, 5.74) is 0.229. The van der Waals surface area contributed by atoms with Gasteiger partial charge < -0.3 is 20.4 Å². The molecule has 0 N–H and O–H groups in total. The van der Waals surface area contributed by atoms with E-state index >= 15 is 0 Å². The molecule has 0 aliphatic heterocycles. The van der Waals surface area contributed by atoms with Crippen LogP contribution >= 0.6 is 0 Å². The van der Waals surface area contributed by atoms with Crippen molar-refractivity contribution in [3.8, 4) is 0 Å². The third-order valence-electron chi connectivity index (χ3n) is 3.96. The average molecular weight is 402 g/mol. The van der Waals surface area contributed by atoms with Crippen LogP contribution in [0.3, 0.4) is 0 Å². The van der Waals surface area contributed by atoms with Gasteiger partial charge in [0.15, 0.2) is 0 Å². The van der Waals surface area contributed by atoms with Gasteiger partial charge in [0.1, 0.15) is 0 Å². The Morgan fingerprint density at radius 3 is 1.00 bits per heavy atom. The van der Waals surface area contributed by atoms with Crippen molar-refractivity contribution in [2.75, 3.05) is 41.3 Å². The van der Waals surface area contributed by atoms with Crippen LogP contribution in [0.2, 0.25) is 0 Å². The standard InChI is InChI=1S/2C10H23N2.Co/c2*1-7-9(12(5)6)8-11-10(2,3)4;/h2*9H,7-8H2,1-6H3;/q2*-1;+2. The minimum atomic E-state index is 0. The third-order valence-corrected chi connectivity index (χ3v) is 3.96. The van der Waals surface area contributed by atoms with Crippen molar-refractivity contribution in [2.24, 2.45) is 0 Å². The molecule has 2 unspecified atom stereocenters. The summed E-state index contributed by atoms with van der Waals surface area (Å²) in [5, 5.41) is 9.21. The van der Waals surface area contributed by atoms with Crippen molar-refractivity contribution in [2.45, 2.75) is 91.4 Å². The quantitative estimate of drug-likeness (QED) is 0.574. The minimum absolute atomic E-state index is 0. The zero-order chi connectivity index (χ0) is 19.6. The van der Waals surface area contributed by atoms with E-state index in [1.165, 1.54) is 12.8 Å². The molecule has 2 atom stereocenters. The summed E-state index contributed by atoms with van der Waals surface area (Å²) in [6.07, 6.45) is 2.35. The molecule has 0 saturated heterocycles. The Morgan fingerprint density at radius 1 is 0.640 bits per heavy atom. The monoisotopic (exact) mass is 401 g/mol. The molecule has 0 aliphatic rings. The van der Waals surface area contributed by atoms with E-state index in [0.717, 1.165) is 13.1 Å². The molecule has 155 valence electrons. The molecule has 0 bridgehead atoms. The van der Waals surface area contributed by atoms with Gasteiger partial charge in [-0.05, 0) is 53.1 Å². The SMILES string of the molecule is CCC(C[N-]C(C)(C)C)N(C)C.CCC(C[N-]C(C)(C)C)N(C)C.[Co+2]. The molecule has 0 amide bonds. The van der Waals surface area contributed by atoms with Crippen LogP contribution in [0.15, 0.2) is 0 Å². The topological polar surface area (TPSA) is 34.7 Å². The molecule has 1 radical (unpaired) electrons. The van der Waals surface area contributed by atoms with E-state index in [1.54, 1.807) is 0 Å². The van der Waals surface area contributed by atoms with Gasteiger partial charge in [0.2, 0.25) is 0 Å². The Kier molecular flexibility index (Phi) is 17.3. The van der Waals surface area contributed by atoms with E-state index in [4.69, 9.17) is 0 Å². The molecule has 5 heteroatoms. The fourth-order valence-corrected chi connectivity index (χ4v) is 2.07. The van der Waals surface area contributed by atoms with Crippen molar-refractivity contribution >= 4 is 0 Å². The molecule has 0 spiro atoms. The van der Waals surface area contributed by atoms with Crippen LogP contribution in [0, 0.1) is 0 Å². The van der Waals surface area contributed by atoms with Crippen LogP contribution in [0.5, 0.6) is 0 Å². The van der Waals surface area contributed by atoms with E-state index in [1.807, 2.05) is 0 Å². The molecule has 0 heterocycles. The maximum atomic E-state index is 4.61. The first-order chi connectivity index (χ1) is 10.7. The molecule has 0 fully saturated rings. The van der Waals surface area contributed by atoms with Crippen LogP contribution in [-0.4, -0.2) is 74.2 Å². The molecule has 0 aromatic rings. The smallest absolute Gasteiger partial charge is 0.656 e. The molecule has 0 aromatic carbocycles. The number of hydrogen-bond donors (Lipinski definition) is 0. The third kappa shape index (κ3) is 20.5. The van der Waals surface area contributed by atoms with E-state index in [2.05, 4.69) is 104 Å². The number of hydrogen-bond acceptors (Lipinski definition) is 2. The molecule has 0 aliphatic carbocycles. The maximum Gasteiger partial charge on any atom is 2.00 e. The maximum absolute atomic E-state index is 4.61. The second-order valence-electron chi connectivity index (χ2n) is 9.07. The summed E-state index contributed by atoms with van der Waals surface area (Å²) in [4.78, 5) is 4.49. The van der Waals surface area contributed by atoms with Gasteiger partial charge in [-0.3, -0.25) is 0 Å². The molecular weight excluding hydrogens is 355 g/mol. The Hall–Kier alpha value is 0.346. The first-order valence-electron chi connectivity index (χ1n) is 9.43. The Labute approximate surface area is 170 Å². The molecule has 25 heavy (non-hydrogen) atoms. The van der Waals surface area contributed by atoms with Crippen LogP contribution in [0.1, 0.15) is 68.2 Å². The van der Waals surface area contributed by atoms with E-state index < -0.39 is 0 Å². The molecule has 0 saturated carbocycles. The second kappa shape index (κ2) is 14.4. The molecule has 0 aromatic heterocycles. The van der Waals surface area contributed by atoms with Crippen LogP contribution in [-0.2, 0) is 16.8 Å². The Morgan fingerprint density at radius 2 is 0.880 bits per heavy atom. The number of rotatable bonds is 8. The summed E-state index contributed by atoms with van der Waals surface area (Å²) in [5.74, 6) is 0. The van der Waals surface area contributed by atoms with Crippen LogP contribution in [0.25, 0.3) is 10.6 Å². The van der Waals surface area contributed by atoms with Gasteiger partial charge in [-0.2, -0.15) is 0 Å². The van der Waals surface area contributed by atoms with Crippen molar-refractivity contribution in [3.05, 3.63) is 10.6 Å². The van der Waals surface area contributed by atoms with Gasteiger partial charge in [-0.15, -0.1) is 24.2 Å². The zero-order valence-corrected chi connectivity index (χ0v) is 20.1. The molecule has 4 nitrogen and oxygen atoms in total. The van der Waals surface area contributed by atoms with Gasteiger partial charge in [0, 0.05) is 0 Å². The summed E-state index contributed by atoms with van der Waals surface area (Å²) in [7, 11) is 8.47. The normalized spacial score (nSPS) is 14.6. The fraction of sp³-hybridized carbons (Fsp3) is 1.00. The predicted octanol–water partition coefficient (Wildman–Crippen LogP) is 5.00. The minimum Gasteiger partial charge on any atom is -0.656 e. The summed E-state index contributed by atoms with van der Waals surface area (Å²) < 4.78 is 0. The van der Waals surface area contributed by atoms with E-state index in [-0.39, 0.29) is 27.9 Å². The summed E-state index contributed by atoms with van der Waals surface area (Å²) in [6, 6.07) is 1.20. The van der Waals surface area contributed by atoms with Gasteiger partial charge in [-0.1, -0.05) is 55.4 Å². The van der Waals surface area contributed by atoms with Gasteiger partial charge in [0.05, 0.1) is 0 Å². The first-order valence-corrected chi connectivity index (χ1v) is 9.43. The Balaban J connectivity index is -0.000000372. The fourth-order valence-electron chi connectivity index (χ4n) is 2.07. The largest absolute Gasteiger partial charge is 2.00 e. The van der Waals surface area contributed by atoms with Gasteiger partial charge >= 0.3 is 16.8 Å². The van der Waals surface area contributed by atoms with Gasteiger partial charge in [-0.25, -0.2) is 0 Å². The van der Waals surface area contributed by atoms with Crippen molar-refractivity contribution in [1.82, 2.24) is 9.80 Å². The second-order valence-corrected chi connectivity index (χ2v) is 9.07. The number of likely N-dealkylation sites (N-methyl/N-ethyl adjacent to an activating group) is 2. The Bertz CT molecular complexity index is 263.